The lowest BCUT2D eigenvalue weighted by molar-refractivity contribution is -0.147. The molecule has 0 fully saturated rings. The normalized spacial score (nSPS) is 20.3. The van der Waals surface area contributed by atoms with Crippen molar-refractivity contribution in [3.63, 3.8) is 0 Å². The zero-order valence-corrected chi connectivity index (χ0v) is 18.2. The number of carboxylic acids is 1. The number of carbonyl (C=O) groups excluding carboxylic acids is 1. The maximum atomic E-state index is 13.2. The Morgan fingerprint density at radius 3 is 2.33 bits per heavy atom. The first kappa shape index (κ1) is 21.9. The molecule has 1 aliphatic heterocycles. The first-order valence-corrected chi connectivity index (χ1v) is 10.7. The summed E-state index contributed by atoms with van der Waals surface area (Å²) in [4.78, 5) is 27.0. The average Bonchev–Trinajstić information content (AvgIpc) is 2.98. The van der Waals surface area contributed by atoms with Crippen molar-refractivity contribution in [2.75, 3.05) is 11.5 Å². The molecule has 0 aromatic heterocycles. The molecule has 30 heavy (non-hydrogen) atoms. The van der Waals surface area contributed by atoms with Gasteiger partial charge in [0.15, 0.2) is 0 Å². The van der Waals surface area contributed by atoms with E-state index in [2.05, 4.69) is 38.1 Å². The van der Waals surface area contributed by atoms with E-state index in [1.807, 2.05) is 36.1 Å². The van der Waals surface area contributed by atoms with E-state index in [0.717, 1.165) is 16.8 Å². The van der Waals surface area contributed by atoms with Gasteiger partial charge in [0.25, 0.3) is 0 Å². The van der Waals surface area contributed by atoms with Crippen molar-refractivity contribution < 1.29 is 19.4 Å². The number of aliphatic carboxylic acids is 1. The highest BCUT2D eigenvalue weighted by molar-refractivity contribution is 5.89. The summed E-state index contributed by atoms with van der Waals surface area (Å²) in [5, 5.41) is 9.71. The number of esters is 1. The standard InChI is InChI=1S/C25H31NO4/c1-5-25(15-22(27)28)20-9-7-8-10-21(20)26(23(25)24(29)30-6-2)16-18-11-13-19(14-12-18)17(3)4/h7-14,17,23H,5-6,15-16H2,1-4H3,(H,27,28). The molecule has 0 aliphatic carbocycles. The minimum Gasteiger partial charge on any atom is -0.481 e. The minimum absolute atomic E-state index is 0.118. The van der Waals surface area contributed by atoms with Crippen LogP contribution >= 0.6 is 0 Å². The molecular formula is C25H31NO4. The van der Waals surface area contributed by atoms with E-state index in [0.29, 0.717) is 18.9 Å². The predicted octanol–water partition coefficient (Wildman–Crippen LogP) is 4.88. The third-order valence-corrected chi connectivity index (χ3v) is 6.19. The van der Waals surface area contributed by atoms with Gasteiger partial charge in [-0.25, -0.2) is 4.79 Å². The number of carbonyl (C=O) groups is 2. The van der Waals surface area contributed by atoms with E-state index in [1.165, 1.54) is 5.56 Å². The summed E-state index contributed by atoms with van der Waals surface area (Å²) in [7, 11) is 0. The van der Waals surface area contributed by atoms with Gasteiger partial charge in [0.05, 0.1) is 13.0 Å². The van der Waals surface area contributed by atoms with Crippen LogP contribution in [0.5, 0.6) is 0 Å². The Hall–Kier alpha value is -2.82. The number of para-hydroxylation sites is 1. The van der Waals surface area contributed by atoms with Crippen LogP contribution < -0.4 is 4.90 Å². The molecule has 0 spiro atoms. The van der Waals surface area contributed by atoms with Gasteiger partial charge in [-0.15, -0.1) is 0 Å². The molecule has 0 saturated carbocycles. The second-order valence-corrected chi connectivity index (χ2v) is 8.28. The Kier molecular flexibility index (Phi) is 6.49. The van der Waals surface area contributed by atoms with Crippen molar-refractivity contribution >= 4 is 17.6 Å². The van der Waals surface area contributed by atoms with Gasteiger partial charge >= 0.3 is 11.9 Å². The van der Waals surface area contributed by atoms with E-state index in [4.69, 9.17) is 4.74 Å². The molecular weight excluding hydrogens is 378 g/mol. The van der Waals surface area contributed by atoms with E-state index in [1.54, 1.807) is 6.92 Å². The van der Waals surface area contributed by atoms with Gasteiger partial charge < -0.3 is 14.7 Å². The van der Waals surface area contributed by atoms with Gasteiger partial charge in [-0.1, -0.05) is 63.2 Å². The third-order valence-electron chi connectivity index (χ3n) is 6.19. The molecule has 0 bridgehead atoms. The molecule has 2 unspecified atom stereocenters. The fourth-order valence-electron chi connectivity index (χ4n) is 4.66. The summed E-state index contributed by atoms with van der Waals surface area (Å²) in [5.74, 6) is -0.832. The summed E-state index contributed by atoms with van der Waals surface area (Å²) in [6.45, 7) is 8.82. The van der Waals surface area contributed by atoms with Crippen molar-refractivity contribution in [3.05, 3.63) is 65.2 Å². The lowest BCUT2D eigenvalue weighted by atomic mass is 9.71. The average molecular weight is 410 g/mol. The van der Waals surface area contributed by atoms with E-state index in [9.17, 15) is 14.7 Å². The van der Waals surface area contributed by atoms with E-state index >= 15 is 0 Å². The molecule has 0 saturated heterocycles. The van der Waals surface area contributed by atoms with Gasteiger partial charge in [-0.05, 0) is 42.0 Å². The van der Waals surface area contributed by atoms with Crippen molar-refractivity contribution in [2.24, 2.45) is 0 Å². The summed E-state index contributed by atoms with van der Waals surface area (Å²) in [6.07, 6.45) is 0.412. The summed E-state index contributed by atoms with van der Waals surface area (Å²) >= 11 is 0. The number of carboxylic acid groups (broad SMARTS) is 1. The van der Waals surface area contributed by atoms with Crippen LogP contribution in [0.2, 0.25) is 0 Å². The van der Waals surface area contributed by atoms with Gasteiger partial charge in [-0.3, -0.25) is 4.79 Å². The number of hydrogen-bond donors (Lipinski definition) is 1. The maximum absolute atomic E-state index is 13.2. The number of ether oxygens (including phenoxy) is 1. The molecule has 160 valence electrons. The lowest BCUT2D eigenvalue weighted by Crippen LogP contribution is -2.51. The Balaban J connectivity index is 2.09. The Morgan fingerprint density at radius 1 is 1.10 bits per heavy atom. The summed E-state index contributed by atoms with van der Waals surface area (Å²) in [6, 6.07) is 15.5. The van der Waals surface area contributed by atoms with Crippen LogP contribution in [-0.4, -0.2) is 29.7 Å². The second-order valence-electron chi connectivity index (χ2n) is 8.28. The van der Waals surface area contributed by atoms with Gasteiger partial charge in [-0.2, -0.15) is 0 Å². The number of rotatable bonds is 8. The SMILES string of the molecule is CCOC(=O)C1N(Cc2ccc(C(C)C)cc2)c2ccccc2C1(CC)CC(=O)O. The molecule has 2 aromatic rings. The molecule has 0 amide bonds. The van der Waals surface area contributed by atoms with Crippen LogP contribution in [0.25, 0.3) is 0 Å². The maximum Gasteiger partial charge on any atom is 0.329 e. The number of fused-ring (bicyclic) bond motifs is 1. The number of nitrogens with zero attached hydrogens (tertiary/aromatic N) is 1. The molecule has 5 heteroatoms. The minimum atomic E-state index is -0.913. The fourth-order valence-corrected chi connectivity index (χ4v) is 4.66. The first-order valence-electron chi connectivity index (χ1n) is 10.7. The zero-order chi connectivity index (χ0) is 21.9. The predicted molar refractivity (Wildman–Crippen MR) is 118 cm³/mol. The molecule has 0 radical (unpaired) electrons. The largest absolute Gasteiger partial charge is 0.481 e. The number of benzene rings is 2. The van der Waals surface area contributed by atoms with Crippen LogP contribution in [0.4, 0.5) is 5.69 Å². The summed E-state index contributed by atoms with van der Waals surface area (Å²) < 4.78 is 5.44. The van der Waals surface area contributed by atoms with Crippen molar-refractivity contribution in [1.29, 1.82) is 0 Å². The van der Waals surface area contributed by atoms with Crippen LogP contribution in [0.15, 0.2) is 48.5 Å². The molecule has 1 N–H and O–H groups in total. The molecule has 5 nitrogen and oxygen atoms in total. The zero-order valence-electron chi connectivity index (χ0n) is 18.2. The third kappa shape index (κ3) is 3.93. The van der Waals surface area contributed by atoms with Crippen molar-refractivity contribution in [2.45, 2.75) is 64.5 Å². The van der Waals surface area contributed by atoms with Crippen molar-refractivity contribution in [3.8, 4) is 0 Å². The monoisotopic (exact) mass is 409 g/mol. The Labute approximate surface area is 178 Å². The molecule has 2 aromatic carbocycles. The highest BCUT2D eigenvalue weighted by Crippen LogP contribution is 2.50. The topological polar surface area (TPSA) is 66.8 Å². The second kappa shape index (κ2) is 8.90. The summed E-state index contributed by atoms with van der Waals surface area (Å²) in [5.41, 5.74) is 3.33. The fraction of sp³-hybridized carbons (Fsp3) is 0.440. The van der Waals surface area contributed by atoms with Crippen LogP contribution in [0.1, 0.15) is 63.1 Å². The highest BCUT2D eigenvalue weighted by Gasteiger charge is 2.55. The van der Waals surface area contributed by atoms with Crippen molar-refractivity contribution in [1.82, 2.24) is 0 Å². The van der Waals surface area contributed by atoms with Crippen LogP contribution in [0.3, 0.4) is 0 Å². The highest BCUT2D eigenvalue weighted by atomic mass is 16.5. The van der Waals surface area contributed by atoms with Gasteiger partial charge in [0, 0.05) is 17.6 Å². The van der Waals surface area contributed by atoms with E-state index < -0.39 is 17.4 Å². The quantitative estimate of drug-likeness (QED) is 0.629. The Bertz CT molecular complexity index is 906. The van der Waals surface area contributed by atoms with Gasteiger partial charge in [0.1, 0.15) is 6.04 Å². The van der Waals surface area contributed by atoms with Crippen LogP contribution in [0, 0.1) is 0 Å². The molecule has 1 aliphatic rings. The number of anilines is 1. The first-order chi connectivity index (χ1) is 14.3. The molecule has 1 heterocycles. The smallest absolute Gasteiger partial charge is 0.329 e. The number of hydrogen-bond acceptors (Lipinski definition) is 4. The Morgan fingerprint density at radius 2 is 1.77 bits per heavy atom. The molecule has 3 rings (SSSR count). The van der Waals surface area contributed by atoms with Crippen LogP contribution in [-0.2, 0) is 26.3 Å². The van der Waals surface area contributed by atoms with Gasteiger partial charge in [0.2, 0.25) is 0 Å². The van der Waals surface area contributed by atoms with E-state index in [-0.39, 0.29) is 19.0 Å². The lowest BCUT2D eigenvalue weighted by Gasteiger charge is -2.36. The molecule has 2 atom stereocenters.